The minimum atomic E-state index is -0.525. The highest BCUT2D eigenvalue weighted by Gasteiger charge is 2.16. The lowest BCUT2D eigenvalue weighted by atomic mass is 10.00. The Labute approximate surface area is 95.7 Å². The van der Waals surface area contributed by atoms with Gasteiger partial charge in [-0.25, -0.2) is 4.39 Å². The second-order valence-corrected chi connectivity index (χ2v) is 4.77. The summed E-state index contributed by atoms with van der Waals surface area (Å²) in [5.74, 6) is -0.0611. The fourth-order valence-corrected chi connectivity index (χ4v) is 2.34. The summed E-state index contributed by atoms with van der Waals surface area (Å²) < 4.78 is 13.1. The van der Waals surface area contributed by atoms with Crippen LogP contribution in [0.15, 0.2) is 18.2 Å². The van der Waals surface area contributed by atoms with Crippen LogP contribution in [0.3, 0.4) is 0 Å². The molecule has 0 aromatic heterocycles. The van der Waals surface area contributed by atoms with Crippen LogP contribution in [0.1, 0.15) is 25.3 Å². The molecule has 1 aromatic rings. The number of piperidine rings is 1. The van der Waals surface area contributed by atoms with E-state index < -0.39 is 5.82 Å². The average molecular weight is 223 g/mol. The molecule has 2 rings (SSSR count). The van der Waals surface area contributed by atoms with Gasteiger partial charge >= 0.3 is 0 Å². The van der Waals surface area contributed by atoms with E-state index in [1.165, 1.54) is 25.0 Å². The zero-order chi connectivity index (χ0) is 11.5. The highest BCUT2D eigenvalue weighted by atomic mass is 19.1. The van der Waals surface area contributed by atoms with Gasteiger partial charge in [-0.05, 0) is 43.0 Å². The standard InChI is InChI=1S/C13H18FNO/c1-10-3-2-6-15(8-10)9-11-4-5-13(16)12(14)7-11/h4-5,7,10,16H,2-3,6,8-9H2,1H3. The number of nitrogens with zero attached hydrogens (tertiary/aromatic N) is 1. The van der Waals surface area contributed by atoms with Crippen LogP contribution in [-0.4, -0.2) is 23.1 Å². The fraction of sp³-hybridized carbons (Fsp3) is 0.538. The summed E-state index contributed by atoms with van der Waals surface area (Å²) in [5, 5.41) is 9.10. The van der Waals surface area contributed by atoms with Gasteiger partial charge in [0.2, 0.25) is 0 Å². The quantitative estimate of drug-likeness (QED) is 0.833. The molecule has 1 heterocycles. The molecule has 3 heteroatoms. The maximum Gasteiger partial charge on any atom is 0.165 e. The number of likely N-dealkylation sites (tertiary alicyclic amines) is 1. The lowest BCUT2D eigenvalue weighted by Gasteiger charge is -2.30. The molecule has 16 heavy (non-hydrogen) atoms. The molecule has 0 radical (unpaired) electrons. The smallest absolute Gasteiger partial charge is 0.165 e. The molecule has 1 aliphatic rings. The summed E-state index contributed by atoms with van der Waals surface area (Å²) in [7, 11) is 0. The van der Waals surface area contributed by atoms with Crippen LogP contribution in [0, 0.1) is 11.7 Å². The van der Waals surface area contributed by atoms with E-state index in [-0.39, 0.29) is 5.75 Å². The van der Waals surface area contributed by atoms with E-state index in [1.54, 1.807) is 6.07 Å². The van der Waals surface area contributed by atoms with Crippen molar-refractivity contribution in [1.82, 2.24) is 4.90 Å². The first-order valence-electron chi connectivity index (χ1n) is 5.85. The molecule has 1 aromatic carbocycles. The van der Waals surface area contributed by atoms with Crippen LogP contribution < -0.4 is 0 Å². The SMILES string of the molecule is CC1CCCN(Cc2ccc(O)c(F)c2)C1. The van der Waals surface area contributed by atoms with Crippen LogP contribution in [-0.2, 0) is 6.54 Å². The van der Waals surface area contributed by atoms with Gasteiger partial charge in [0.15, 0.2) is 11.6 Å². The average Bonchev–Trinajstić information content (AvgIpc) is 2.24. The molecule has 2 nitrogen and oxygen atoms in total. The van der Waals surface area contributed by atoms with E-state index in [0.717, 1.165) is 31.1 Å². The first-order valence-corrected chi connectivity index (χ1v) is 5.85. The van der Waals surface area contributed by atoms with Crippen molar-refractivity contribution in [3.05, 3.63) is 29.6 Å². The van der Waals surface area contributed by atoms with E-state index in [9.17, 15) is 4.39 Å². The third-order valence-corrected chi connectivity index (χ3v) is 3.16. The zero-order valence-electron chi connectivity index (χ0n) is 9.62. The second-order valence-electron chi connectivity index (χ2n) is 4.77. The van der Waals surface area contributed by atoms with Gasteiger partial charge < -0.3 is 5.11 Å². The van der Waals surface area contributed by atoms with Gasteiger partial charge in [-0.1, -0.05) is 13.0 Å². The Balaban J connectivity index is 2.00. The number of benzene rings is 1. The highest BCUT2D eigenvalue weighted by Crippen LogP contribution is 2.20. The van der Waals surface area contributed by atoms with Crippen molar-refractivity contribution in [1.29, 1.82) is 0 Å². The Morgan fingerprint density at radius 3 is 3.00 bits per heavy atom. The van der Waals surface area contributed by atoms with Gasteiger partial charge in [-0.3, -0.25) is 4.90 Å². The van der Waals surface area contributed by atoms with E-state index in [4.69, 9.17) is 5.11 Å². The molecule has 0 spiro atoms. The Hall–Kier alpha value is -1.09. The van der Waals surface area contributed by atoms with Gasteiger partial charge in [0.25, 0.3) is 0 Å². The van der Waals surface area contributed by atoms with E-state index >= 15 is 0 Å². The maximum atomic E-state index is 13.1. The Morgan fingerprint density at radius 2 is 2.31 bits per heavy atom. The molecular formula is C13H18FNO. The van der Waals surface area contributed by atoms with Crippen molar-refractivity contribution in [3.63, 3.8) is 0 Å². The Kier molecular flexibility index (Phi) is 3.44. The maximum absolute atomic E-state index is 13.1. The summed E-state index contributed by atoms with van der Waals surface area (Å²) >= 11 is 0. The van der Waals surface area contributed by atoms with Crippen molar-refractivity contribution in [3.8, 4) is 5.75 Å². The van der Waals surface area contributed by atoms with Crippen LogP contribution in [0.25, 0.3) is 0 Å². The van der Waals surface area contributed by atoms with Crippen molar-refractivity contribution >= 4 is 0 Å². The van der Waals surface area contributed by atoms with Crippen LogP contribution in [0.5, 0.6) is 5.75 Å². The van der Waals surface area contributed by atoms with E-state index in [1.807, 2.05) is 0 Å². The van der Waals surface area contributed by atoms with E-state index in [2.05, 4.69) is 11.8 Å². The zero-order valence-corrected chi connectivity index (χ0v) is 9.62. The number of halogens is 1. The van der Waals surface area contributed by atoms with Crippen molar-refractivity contribution in [2.75, 3.05) is 13.1 Å². The topological polar surface area (TPSA) is 23.5 Å². The molecular weight excluding hydrogens is 205 g/mol. The lowest BCUT2D eigenvalue weighted by molar-refractivity contribution is 0.176. The minimum Gasteiger partial charge on any atom is -0.505 e. The number of hydrogen-bond acceptors (Lipinski definition) is 2. The van der Waals surface area contributed by atoms with Crippen molar-refractivity contribution in [2.24, 2.45) is 5.92 Å². The summed E-state index contributed by atoms with van der Waals surface area (Å²) in [6.45, 7) is 5.21. The molecule has 1 unspecified atom stereocenters. The summed E-state index contributed by atoms with van der Waals surface area (Å²) in [6, 6.07) is 4.64. The number of aromatic hydroxyl groups is 1. The van der Waals surface area contributed by atoms with Crippen molar-refractivity contribution in [2.45, 2.75) is 26.3 Å². The summed E-state index contributed by atoms with van der Waals surface area (Å²) in [6.07, 6.45) is 2.52. The van der Waals surface area contributed by atoms with Gasteiger partial charge in [-0.15, -0.1) is 0 Å². The minimum absolute atomic E-state index is 0.268. The fourth-order valence-electron chi connectivity index (χ4n) is 2.34. The molecule has 1 aliphatic heterocycles. The molecule has 88 valence electrons. The second kappa shape index (κ2) is 4.83. The van der Waals surface area contributed by atoms with E-state index in [0.29, 0.717) is 0 Å². The number of hydrogen-bond donors (Lipinski definition) is 1. The molecule has 1 saturated heterocycles. The predicted octanol–water partition coefficient (Wildman–Crippen LogP) is 2.76. The molecule has 1 atom stereocenters. The molecule has 1 N–H and O–H groups in total. The normalized spacial score (nSPS) is 22.2. The van der Waals surface area contributed by atoms with Crippen LogP contribution in [0.4, 0.5) is 4.39 Å². The highest BCUT2D eigenvalue weighted by molar-refractivity contribution is 5.27. The summed E-state index contributed by atoms with van der Waals surface area (Å²) in [4.78, 5) is 2.35. The first kappa shape index (κ1) is 11.4. The molecule has 0 bridgehead atoms. The van der Waals surface area contributed by atoms with Crippen molar-refractivity contribution < 1.29 is 9.50 Å². The van der Waals surface area contributed by atoms with Crippen LogP contribution in [0.2, 0.25) is 0 Å². The van der Waals surface area contributed by atoms with Gasteiger partial charge in [-0.2, -0.15) is 0 Å². The Bertz CT molecular complexity index is 367. The predicted molar refractivity (Wildman–Crippen MR) is 61.7 cm³/mol. The third kappa shape index (κ3) is 2.73. The van der Waals surface area contributed by atoms with Crippen LogP contribution >= 0.6 is 0 Å². The molecule has 0 aliphatic carbocycles. The third-order valence-electron chi connectivity index (χ3n) is 3.16. The largest absolute Gasteiger partial charge is 0.505 e. The molecule has 0 amide bonds. The molecule has 1 fully saturated rings. The number of phenols is 1. The van der Waals surface area contributed by atoms with Gasteiger partial charge in [0, 0.05) is 13.1 Å². The number of rotatable bonds is 2. The first-order chi connectivity index (χ1) is 7.65. The Morgan fingerprint density at radius 1 is 1.50 bits per heavy atom. The van der Waals surface area contributed by atoms with Gasteiger partial charge in [0.05, 0.1) is 0 Å². The lowest BCUT2D eigenvalue weighted by Crippen LogP contribution is -2.33. The monoisotopic (exact) mass is 223 g/mol. The van der Waals surface area contributed by atoms with Gasteiger partial charge in [0.1, 0.15) is 0 Å². The number of phenolic OH excluding ortho intramolecular Hbond substituents is 1. The molecule has 0 saturated carbocycles. The summed E-state index contributed by atoms with van der Waals surface area (Å²) in [5.41, 5.74) is 0.935.